The first kappa shape index (κ1) is 20.9. The Hall–Kier alpha value is -2.44. The van der Waals surface area contributed by atoms with E-state index < -0.39 is 0 Å². The number of hydrogen-bond donors (Lipinski definition) is 1. The zero-order valence-corrected chi connectivity index (χ0v) is 17.3. The van der Waals surface area contributed by atoms with Crippen LogP contribution in [-0.4, -0.2) is 32.4 Å². The molecular formula is C19H16ClIN2O4. The van der Waals surface area contributed by atoms with E-state index in [4.69, 9.17) is 32.3 Å². The van der Waals surface area contributed by atoms with Gasteiger partial charge in [-0.05, 0) is 59.0 Å². The summed E-state index contributed by atoms with van der Waals surface area (Å²) in [5, 5.41) is 7.07. The Morgan fingerprint density at radius 1 is 1.37 bits per heavy atom. The molecule has 0 bridgehead atoms. The van der Waals surface area contributed by atoms with Gasteiger partial charge in [0.2, 0.25) is 0 Å². The van der Waals surface area contributed by atoms with E-state index in [-0.39, 0.29) is 19.1 Å². The highest BCUT2D eigenvalue weighted by atomic mass is 127. The van der Waals surface area contributed by atoms with Crippen LogP contribution in [0.2, 0.25) is 5.02 Å². The molecule has 0 fully saturated rings. The molecule has 140 valence electrons. The smallest absolute Gasteiger partial charge is 0.265 e. The van der Waals surface area contributed by atoms with Crippen molar-refractivity contribution in [2.75, 3.05) is 25.6 Å². The summed E-state index contributed by atoms with van der Waals surface area (Å²) in [6, 6.07) is 10.3. The minimum absolute atomic E-state index is 0.144. The zero-order chi connectivity index (χ0) is 19.6. The lowest BCUT2D eigenvalue weighted by Crippen LogP contribution is -2.16. The molecule has 0 aliphatic heterocycles. The topological polar surface area (TPSA) is 69.2 Å². The second kappa shape index (κ2) is 10.6. The van der Waals surface area contributed by atoms with Crippen molar-refractivity contribution in [2.45, 2.75) is 0 Å². The molecule has 0 unspecified atom stereocenters. The van der Waals surface area contributed by atoms with E-state index >= 15 is 0 Å². The molecule has 0 saturated carbocycles. The van der Waals surface area contributed by atoms with Crippen LogP contribution in [0.5, 0.6) is 11.5 Å². The highest BCUT2D eigenvalue weighted by Gasteiger charge is 2.11. The number of carbonyl (C=O) groups is 1. The lowest BCUT2D eigenvalue weighted by Gasteiger charge is -2.11. The highest BCUT2D eigenvalue weighted by Crippen LogP contribution is 2.33. The second-order valence-electron chi connectivity index (χ2n) is 5.09. The Kier molecular flexibility index (Phi) is 8.23. The summed E-state index contributed by atoms with van der Waals surface area (Å²) in [4.78, 5) is 16.8. The quantitative estimate of drug-likeness (QED) is 0.259. The van der Waals surface area contributed by atoms with Gasteiger partial charge in [0.1, 0.15) is 6.61 Å². The van der Waals surface area contributed by atoms with Gasteiger partial charge in [-0.15, -0.1) is 6.42 Å². The van der Waals surface area contributed by atoms with Crippen LogP contribution in [0.3, 0.4) is 0 Å². The molecule has 0 aromatic heterocycles. The molecule has 1 N–H and O–H groups in total. The molecule has 2 aromatic rings. The van der Waals surface area contributed by atoms with Gasteiger partial charge in [-0.3, -0.25) is 4.79 Å². The standard InChI is InChI=1S/C19H16ClIN2O4/c1-3-8-26-19-16(21)9-13(10-17(19)25-2)11-22-27-12-18(24)23-15-6-4-14(20)5-7-15/h1,4-7,9-11H,8,12H2,2H3,(H,23,24)/b22-11+. The average Bonchev–Trinajstić information content (AvgIpc) is 2.66. The van der Waals surface area contributed by atoms with E-state index in [1.807, 2.05) is 6.07 Å². The fourth-order valence-electron chi connectivity index (χ4n) is 1.99. The van der Waals surface area contributed by atoms with E-state index in [9.17, 15) is 4.79 Å². The Balaban J connectivity index is 1.91. The maximum absolute atomic E-state index is 11.8. The molecule has 0 aliphatic rings. The number of amides is 1. The number of anilines is 1. The largest absolute Gasteiger partial charge is 0.493 e. The van der Waals surface area contributed by atoms with E-state index in [0.29, 0.717) is 22.2 Å². The fraction of sp³-hybridized carbons (Fsp3) is 0.158. The molecule has 1 amide bonds. The monoisotopic (exact) mass is 498 g/mol. The minimum atomic E-state index is -0.334. The van der Waals surface area contributed by atoms with Crippen LogP contribution in [-0.2, 0) is 9.63 Å². The van der Waals surface area contributed by atoms with Gasteiger partial charge in [-0.25, -0.2) is 0 Å². The van der Waals surface area contributed by atoms with Crippen molar-refractivity contribution in [1.82, 2.24) is 0 Å². The summed E-state index contributed by atoms with van der Waals surface area (Å²) in [6.45, 7) is -0.0810. The Bertz CT molecular complexity index is 863. The average molecular weight is 499 g/mol. The molecule has 0 spiro atoms. The molecule has 0 radical (unpaired) electrons. The second-order valence-corrected chi connectivity index (χ2v) is 6.69. The van der Waals surface area contributed by atoms with Crippen molar-refractivity contribution in [3.63, 3.8) is 0 Å². The van der Waals surface area contributed by atoms with Crippen LogP contribution in [0, 0.1) is 15.9 Å². The third kappa shape index (κ3) is 6.66. The van der Waals surface area contributed by atoms with Crippen LogP contribution >= 0.6 is 34.2 Å². The van der Waals surface area contributed by atoms with Crippen LogP contribution in [0.15, 0.2) is 41.6 Å². The molecule has 6 nitrogen and oxygen atoms in total. The first-order valence-corrected chi connectivity index (χ1v) is 9.13. The lowest BCUT2D eigenvalue weighted by molar-refractivity contribution is -0.120. The first-order chi connectivity index (χ1) is 13.0. The third-order valence-electron chi connectivity index (χ3n) is 3.15. The van der Waals surface area contributed by atoms with Crippen molar-refractivity contribution in [1.29, 1.82) is 0 Å². The molecule has 0 aliphatic carbocycles. The predicted octanol–water partition coefficient (Wildman–Crippen LogP) is 3.95. The molecule has 2 aromatic carbocycles. The molecule has 2 rings (SSSR count). The van der Waals surface area contributed by atoms with Crippen molar-refractivity contribution in [3.8, 4) is 23.8 Å². The summed E-state index contributed by atoms with van der Waals surface area (Å²) in [5.74, 6) is 3.17. The van der Waals surface area contributed by atoms with Gasteiger partial charge in [0, 0.05) is 16.3 Å². The number of terminal acetylenes is 1. The zero-order valence-electron chi connectivity index (χ0n) is 14.4. The number of carbonyl (C=O) groups excluding carboxylic acids is 1. The van der Waals surface area contributed by atoms with Crippen LogP contribution < -0.4 is 14.8 Å². The molecule has 27 heavy (non-hydrogen) atoms. The van der Waals surface area contributed by atoms with E-state index in [0.717, 1.165) is 9.13 Å². The Morgan fingerprint density at radius 3 is 2.78 bits per heavy atom. The number of ether oxygens (including phenoxy) is 2. The molecule has 8 heteroatoms. The number of hydrogen-bond acceptors (Lipinski definition) is 5. The normalized spacial score (nSPS) is 10.3. The highest BCUT2D eigenvalue weighted by molar-refractivity contribution is 14.1. The van der Waals surface area contributed by atoms with Crippen molar-refractivity contribution >= 4 is 52.0 Å². The molecular weight excluding hydrogens is 483 g/mol. The molecule has 0 atom stereocenters. The SMILES string of the molecule is C#CCOc1c(I)cc(/C=N/OCC(=O)Nc2ccc(Cl)cc2)cc1OC. The van der Waals surface area contributed by atoms with Gasteiger partial charge in [-0.2, -0.15) is 0 Å². The van der Waals surface area contributed by atoms with Gasteiger partial charge in [0.15, 0.2) is 18.1 Å². The fourth-order valence-corrected chi connectivity index (χ4v) is 2.90. The molecule has 0 heterocycles. The van der Waals surface area contributed by atoms with Gasteiger partial charge in [0.25, 0.3) is 5.91 Å². The summed E-state index contributed by atoms with van der Waals surface area (Å²) < 4.78 is 11.6. The number of benzene rings is 2. The summed E-state index contributed by atoms with van der Waals surface area (Å²) in [5.41, 5.74) is 1.35. The number of methoxy groups -OCH3 is 1. The number of oxime groups is 1. The van der Waals surface area contributed by atoms with E-state index in [1.54, 1.807) is 30.3 Å². The van der Waals surface area contributed by atoms with Crippen molar-refractivity contribution < 1.29 is 19.1 Å². The summed E-state index contributed by atoms with van der Waals surface area (Å²) in [7, 11) is 1.53. The van der Waals surface area contributed by atoms with E-state index in [1.165, 1.54) is 13.3 Å². The Labute approximate surface area is 176 Å². The van der Waals surface area contributed by atoms with E-state index in [2.05, 4.69) is 39.0 Å². The van der Waals surface area contributed by atoms with Gasteiger partial charge < -0.3 is 19.6 Å². The lowest BCUT2D eigenvalue weighted by atomic mass is 10.2. The van der Waals surface area contributed by atoms with Crippen LogP contribution in [0.1, 0.15) is 5.56 Å². The summed E-state index contributed by atoms with van der Waals surface area (Å²) in [6.07, 6.45) is 6.69. The van der Waals surface area contributed by atoms with Crippen LogP contribution in [0.4, 0.5) is 5.69 Å². The predicted molar refractivity (Wildman–Crippen MR) is 114 cm³/mol. The number of rotatable bonds is 8. The Morgan fingerprint density at radius 2 is 2.11 bits per heavy atom. The maximum Gasteiger partial charge on any atom is 0.265 e. The number of nitrogens with zero attached hydrogens (tertiary/aromatic N) is 1. The van der Waals surface area contributed by atoms with Crippen molar-refractivity contribution in [3.05, 3.63) is 50.6 Å². The van der Waals surface area contributed by atoms with Crippen LogP contribution in [0.25, 0.3) is 0 Å². The van der Waals surface area contributed by atoms with Gasteiger partial charge >= 0.3 is 0 Å². The number of nitrogens with one attached hydrogen (secondary N) is 1. The number of halogens is 2. The maximum atomic E-state index is 11.8. The van der Waals surface area contributed by atoms with Gasteiger partial charge in [0.05, 0.1) is 16.9 Å². The van der Waals surface area contributed by atoms with Gasteiger partial charge in [-0.1, -0.05) is 22.7 Å². The minimum Gasteiger partial charge on any atom is -0.493 e. The summed E-state index contributed by atoms with van der Waals surface area (Å²) >= 11 is 7.91. The molecule has 0 saturated heterocycles. The van der Waals surface area contributed by atoms with Crippen molar-refractivity contribution in [2.24, 2.45) is 5.16 Å². The third-order valence-corrected chi connectivity index (χ3v) is 4.20. The first-order valence-electron chi connectivity index (χ1n) is 7.68.